The first-order valence-electron chi connectivity index (χ1n) is 5.62. The molecular weight excluding hydrogens is 254 g/mol. The lowest BCUT2D eigenvalue weighted by molar-refractivity contribution is -0.145. The molecule has 0 atom stereocenters. The maximum Gasteiger partial charge on any atom is 0.309 e. The van der Waals surface area contributed by atoms with Crippen molar-refractivity contribution in [2.75, 3.05) is 13.1 Å². The third-order valence-electron chi connectivity index (χ3n) is 3.03. The molecule has 18 heavy (non-hydrogen) atoms. The van der Waals surface area contributed by atoms with E-state index < -0.39 is 21.9 Å². The number of aryl methyl sites for hydroxylation is 2. The third-order valence-corrected chi connectivity index (χ3v) is 4.84. The number of hydrogen-bond acceptors (Lipinski definition) is 3. The molecule has 1 fully saturated rings. The summed E-state index contributed by atoms with van der Waals surface area (Å²) in [7, 11) is -3.54. The summed E-state index contributed by atoms with van der Waals surface area (Å²) in [4.78, 5) is 10.9. The molecule has 0 unspecified atom stereocenters. The average molecular weight is 269 g/mol. The van der Waals surface area contributed by atoms with Crippen molar-refractivity contribution in [1.82, 2.24) is 4.31 Å². The molecule has 0 radical (unpaired) electrons. The fourth-order valence-electron chi connectivity index (χ4n) is 2.02. The van der Waals surface area contributed by atoms with Crippen molar-refractivity contribution < 1.29 is 18.3 Å². The molecule has 0 amide bonds. The number of sulfonamides is 1. The van der Waals surface area contributed by atoms with Gasteiger partial charge in [-0.3, -0.25) is 4.79 Å². The lowest BCUT2D eigenvalue weighted by Gasteiger charge is -2.35. The number of carbonyl (C=O) groups is 1. The van der Waals surface area contributed by atoms with E-state index in [1.54, 1.807) is 12.1 Å². The zero-order valence-corrected chi connectivity index (χ0v) is 11.1. The molecule has 1 aliphatic heterocycles. The van der Waals surface area contributed by atoms with Gasteiger partial charge in [0.05, 0.1) is 10.8 Å². The summed E-state index contributed by atoms with van der Waals surface area (Å²) in [6.45, 7) is 3.79. The number of carboxylic acid groups (broad SMARTS) is 1. The summed E-state index contributed by atoms with van der Waals surface area (Å²) in [6.07, 6.45) is 0. The van der Waals surface area contributed by atoms with Gasteiger partial charge < -0.3 is 5.11 Å². The predicted molar refractivity (Wildman–Crippen MR) is 65.8 cm³/mol. The van der Waals surface area contributed by atoms with E-state index in [4.69, 9.17) is 5.11 Å². The number of rotatable bonds is 3. The highest BCUT2D eigenvalue weighted by Crippen LogP contribution is 2.26. The van der Waals surface area contributed by atoms with Gasteiger partial charge in [-0.05, 0) is 37.1 Å². The highest BCUT2D eigenvalue weighted by Gasteiger charge is 2.40. The van der Waals surface area contributed by atoms with E-state index in [0.29, 0.717) is 0 Å². The van der Waals surface area contributed by atoms with Gasteiger partial charge in [-0.2, -0.15) is 4.31 Å². The zero-order valence-electron chi connectivity index (χ0n) is 10.3. The van der Waals surface area contributed by atoms with Crippen LogP contribution in [0.15, 0.2) is 23.1 Å². The minimum absolute atomic E-state index is 0.0602. The van der Waals surface area contributed by atoms with Crippen molar-refractivity contribution >= 4 is 16.0 Å². The number of nitrogens with zero attached hydrogens (tertiary/aromatic N) is 1. The Morgan fingerprint density at radius 1 is 1.22 bits per heavy atom. The summed E-state index contributed by atoms with van der Waals surface area (Å²) in [5.41, 5.74) is 1.76. The summed E-state index contributed by atoms with van der Waals surface area (Å²) in [6, 6.07) is 5.11. The molecule has 1 aromatic carbocycles. The van der Waals surface area contributed by atoms with E-state index in [9.17, 15) is 13.2 Å². The highest BCUT2D eigenvalue weighted by molar-refractivity contribution is 7.89. The Kier molecular flexibility index (Phi) is 3.16. The Labute approximate surface area is 106 Å². The molecule has 1 heterocycles. The van der Waals surface area contributed by atoms with Crippen molar-refractivity contribution in [3.63, 3.8) is 0 Å². The van der Waals surface area contributed by atoms with E-state index in [1.165, 1.54) is 4.31 Å². The van der Waals surface area contributed by atoms with Crippen LogP contribution in [0.4, 0.5) is 0 Å². The standard InChI is InChI=1S/C12H15NO4S/c1-8-3-9(2)5-11(4-8)18(16,17)13-6-10(7-13)12(14)15/h3-5,10H,6-7H2,1-2H3,(H,14,15). The quantitative estimate of drug-likeness (QED) is 0.888. The van der Waals surface area contributed by atoms with Crippen LogP contribution in [0.3, 0.4) is 0 Å². The van der Waals surface area contributed by atoms with Gasteiger partial charge in [-0.1, -0.05) is 6.07 Å². The minimum atomic E-state index is -3.54. The Morgan fingerprint density at radius 3 is 2.17 bits per heavy atom. The number of hydrogen-bond donors (Lipinski definition) is 1. The molecule has 0 bridgehead atoms. The van der Waals surface area contributed by atoms with E-state index in [2.05, 4.69) is 0 Å². The van der Waals surface area contributed by atoms with Crippen LogP contribution in [0.1, 0.15) is 11.1 Å². The van der Waals surface area contributed by atoms with Gasteiger partial charge >= 0.3 is 5.97 Å². The average Bonchev–Trinajstić information content (AvgIpc) is 2.11. The van der Waals surface area contributed by atoms with Crippen LogP contribution in [0.25, 0.3) is 0 Å². The molecule has 2 rings (SSSR count). The first-order chi connectivity index (χ1) is 8.30. The van der Waals surface area contributed by atoms with Crippen molar-refractivity contribution in [2.24, 2.45) is 5.92 Å². The van der Waals surface area contributed by atoms with Crippen LogP contribution in [-0.4, -0.2) is 36.9 Å². The maximum atomic E-state index is 12.2. The van der Waals surface area contributed by atoms with Crippen molar-refractivity contribution in [2.45, 2.75) is 18.7 Å². The summed E-state index contributed by atoms with van der Waals surface area (Å²) >= 11 is 0. The Bertz CT molecular complexity index is 568. The Balaban J connectivity index is 2.25. The third kappa shape index (κ3) is 2.26. The Hall–Kier alpha value is -1.40. The monoisotopic (exact) mass is 269 g/mol. The fourth-order valence-corrected chi connectivity index (χ4v) is 3.74. The predicted octanol–water partition coefficient (Wildman–Crippen LogP) is 1.01. The lowest BCUT2D eigenvalue weighted by atomic mass is 10.0. The van der Waals surface area contributed by atoms with Gasteiger partial charge in [0.1, 0.15) is 0 Å². The number of benzene rings is 1. The first kappa shape index (κ1) is 13.0. The van der Waals surface area contributed by atoms with Crippen LogP contribution in [0, 0.1) is 19.8 Å². The second-order valence-corrected chi connectivity index (χ2v) is 6.62. The van der Waals surface area contributed by atoms with Gasteiger partial charge in [-0.15, -0.1) is 0 Å². The van der Waals surface area contributed by atoms with E-state index in [-0.39, 0.29) is 18.0 Å². The topological polar surface area (TPSA) is 74.7 Å². The number of carboxylic acids is 1. The van der Waals surface area contributed by atoms with Gasteiger partial charge in [0, 0.05) is 13.1 Å². The second-order valence-electron chi connectivity index (χ2n) is 4.68. The molecule has 0 aromatic heterocycles. The van der Waals surface area contributed by atoms with Crippen LogP contribution >= 0.6 is 0 Å². The minimum Gasteiger partial charge on any atom is -0.481 e. The van der Waals surface area contributed by atoms with Gasteiger partial charge in [0.25, 0.3) is 0 Å². The summed E-state index contributed by atoms with van der Waals surface area (Å²) < 4.78 is 25.6. The van der Waals surface area contributed by atoms with Crippen LogP contribution in [0.5, 0.6) is 0 Å². The molecule has 1 saturated heterocycles. The summed E-state index contributed by atoms with van der Waals surface area (Å²) in [5, 5.41) is 8.75. The molecule has 5 nitrogen and oxygen atoms in total. The maximum absolute atomic E-state index is 12.2. The van der Waals surface area contributed by atoms with Crippen molar-refractivity contribution in [3.8, 4) is 0 Å². The molecule has 0 spiro atoms. The van der Waals surface area contributed by atoms with Crippen molar-refractivity contribution in [3.05, 3.63) is 29.3 Å². The van der Waals surface area contributed by atoms with E-state index >= 15 is 0 Å². The zero-order chi connectivity index (χ0) is 13.5. The van der Waals surface area contributed by atoms with E-state index in [1.807, 2.05) is 19.9 Å². The molecular formula is C12H15NO4S. The Morgan fingerprint density at radius 2 is 1.72 bits per heavy atom. The van der Waals surface area contributed by atoms with Gasteiger partial charge in [0.15, 0.2) is 0 Å². The molecule has 98 valence electrons. The molecule has 1 aliphatic rings. The first-order valence-corrected chi connectivity index (χ1v) is 7.06. The molecule has 6 heteroatoms. The van der Waals surface area contributed by atoms with Gasteiger partial charge in [-0.25, -0.2) is 8.42 Å². The largest absolute Gasteiger partial charge is 0.481 e. The highest BCUT2D eigenvalue weighted by atomic mass is 32.2. The summed E-state index contributed by atoms with van der Waals surface area (Å²) in [5.74, 6) is -1.52. The number of aliphatic carboxylic acids is 1. The normalized spacial score (nSPS) is 17.4. The SMILES string of the molecule is Cc1cc(C)cc(S(=O)(=O)N2CC(C(=O)O)C2)c1. The van der Waals surface area contributed by atoms with Crippen LogP contribution in [0.2, 0.25) is 0 Å². The lowest BCUT2D eigenvalue weighted by Crippen LogP contribution is -2.52. The molecule has 1 aromatic rings. The molecule has 0 saturated carbocycles. The van der Waals surface area contributed by atoms with Gasteiger partial charge in [0.2, 0.25) is 10.0 Å². The van der Waals surface area contributed by atoms with Crippen molar-refractivity contribution in [1.29, 1.82) is 0 Å². The van der Waals surface area contributed by atoms with E-state index in [0.717, 1.165) is 11.1 Å². The fraction of sp³-hybridized carbons (Fsp3) is 0.417. The molecule has 0 aliphatic carbocycles. The smallest absolute Gasteiger partial charge is 0.309 e. The molecule has 1 N–H and O–H groups in total. The van der Waals surface area contributed by atoms with Crippen LogP contribution in [-0.2, 0) is 14.8 Å². The van der Waals surface area contributed by atoms with Crippen LogP contribution < -0.4 is 0 Å². The second kappa shape index (κ2) is 4.37.